The Bertz CT molecular complexity index is 594. The molecule has 1 atom stereocenters. The van der Waals surface area contributed by atoms with Gasteiger partial charge in [-0.2, -0.15) is 0 Å². The van der Waals surface area contributed by atoms with Crippen LogP contribution < -0.4 is 5.32 Å². The molecule has 120 valence electrons. The van der Waals surface area contributed by atoms with E-state index in [-0.39, 0.29) is 19.1 Å². The Morgan fingerprint density at radius 1 is 1.50 bits per heavy atom. The second kappa shape index (κ2) is 6.50. The number of urea groups is 1. The van der Waals surface area contributed by atoms with E-state index in [2.05, 4.69) is 10.1 Å². The van der Waals surface area contributed by atoms with Gasteiger partial charge in [-0.05, 0) is 19.4 Å². The number of carboxylic acid groups (broad SMARTS) is 1. The van der Waals surface area contributed by atoms with Crippen molar-refractivity contribution in [3.63, 3.8) is 0 Å². The summed E-state index contributed by atoms with van der Waals surface area (Å²) in [4.78, 5) is 35.7. The number of nitrogens with zero attached hydrogens (tertiary/aromatic N) is 1. The highest BCUT2D eigenvalue weighted by molar-refractivity contribution is 5.90. The summed E-state index contributed by atoms with van der Waals surface area (Å²) in [6, 6.07) is 1.17. The number of ether oxygens (including phenoxy) is 1. The van der Waals surface area contributed by atoms with Crippen molar-refractivity contribution in [2.24, 2.45) is 5.92 Å². The molecule has 0 bridgehead atoms. The summed E-state index contributed by atoms with van der Waals surface area (Å²) < 4.78 is 10.0. The molecule has 22 heavy (non-hydrogen) atoms. The number of carbonyl (C=O) groups excluding carboxylic acids is 2. The second-order valence-corrected chi connectivity index (χ2v) is 5.10. The maximum atomic E-state index is 12.0. The molecule has 0 radical (unpaired) electrons. The van der Waals surface area contributed by atoms with Crippen LogP contribution in [0.15, 0.2) is 10.5 Å². The zero-order valence-corrected chi connectivity index (χ0v) is 12.4. The molecular weight excluding hydrogens is 292 g/mol. The molecule has 8 nitrogen and oxygen atoms in total. The van der Waals surface area contributed by atoms with Crippen molar-refractivity contribution in [2.75, 3.05) is 20.2 Å². The fourth-order valence-corrected chi connectivity index (χ4v) is 2.36. The van der Waals surface area contributed by atoms with Crippen molar-refractivity contribution >= 4 is 18.0 Å². The highest BCUT2D eigenvalue weighted by Crippen LogP contribution is 2.17. The number of carbonyl (C=O) groups is 3. The van der Waals surface area contributed by atoms with E-state index in [1.165, 1.54) is 18.1 Å². The minimum atomic E-state index is -0.889. The van der Waals surface area contributed by atoms with Crippen LogP contribution in [0, 0.1) is 12.8 Å². The molecule has 0 spiro atoms. The monoisotopic (exact) mass is 310 g/mol. The van der Waals surface area contributed by atoms with E-state index in [0.717, 1.165) is 0 Å². The number of hydrogen-bond donors (Lipinski definition) is 2. The third kappa shape index (κ3) is 3.38. The summed E-state index contributed by atoms with van der Waals surface area (Å²) in [7, 11) is 1.28. The smallest absolute Gasteiger partial charge is 0.341 e. The summed E-state index contributed by atoms with van der Waals surface area (Å²) >= 11 is 0. The van der Waals surface area contributed by atoms with E-state index in [9.17, 15) is 14.4 Å². The van der Waals surface area contributed by atoms with Gasteiger partial charge in [-0.3, -0.25) is 4.79 Å². The van der Waals surface area contributed by atoms with Crippen LogP contribution in [0.2, 0.25) is 0 Å². The van der Waals surface area contributed by atoms with E-state index < -0.39 is 17.9 Å². The van der Waals surface area contributed by atoms with Crippen molar-refractivity contribution in [1.29, 1.82) is 0 Å². The van der Waals surface area contributed by atoms with Gasteiger partial charge in [0.15, 0.2) is 0 Å². The number of methoxy groups -OCH3 is 1. The lowest BCUT2D eigenvalue weighted by atomic mass is 10.1. The summed E-state index contributed by atoms with van der Waals surface area (Å²) in [5.74, 6) is -1.05. The minimum absolute atomic E-state index is 0.116. The highest BCUT2D eigenvalue weighted by Gasteiger charge is 2.30. The van der Waals surface area contributed by atoms with Gasteiger partial charge in [-0.25, -0.2) is 9.59 Å². The molecule has 1 aromatic heterocycles. The number of aryl methyl sites for hydroxylation is 1. The van der Waals surface area contributed by atoms with Crippen molar-refractivity contribution in [3.05, 3.63) is 23.2 Å². The predicted molar refractivity (Wildman–Crippen MR) is 74.3 cm³/mol. The summed E-state index contributed by atoms with van der Waals surface area (Å²) in [5, 5.41) is 11.6. The Morgan fingerprint density at radius 2 is 2.23 bits per heavy atom. The normalized spacial score (nSPS) is 17.4. The lowest BCUT2D eigenvalue weighted by Crippen LogP contribution is -2.38. The third-order valence-electron chi connectivity index (χ3n) is 3.61. The molecule has 2 N–H and O–H groups in total. The molecule has 1 unspecified atom stereocenters. The maximum Gasteiger partial charge on any atom is 0.341 e. The summed E-state index contributed by atoms with van der Waals surface area (Å²) in [6.45, 7) is 2.36. The summed E-state index contributed by atoms with van der Waals surface area (Å²) in [5.41, 5.74) is 0.318. The summed E-state index contributed by atoms with van der Waals surface area (Å²) in [6.07, 6.45) is 0.453. The number of likely N-dealkylation sites (tertiary alicyclic amines) is 1. The Balaban J connectivity index is 1.89. The number of nitrogens with one attached hydrogen (secondary N) is 1. The number of hydrogen-bond acceptors (Lipinski definition) is 5. The molecule has 0 aromatic carbocycles. The predicted octanol–water partition coefficient (Wildman–Crippen LogP) is 0.991. The molecule has 1 aromatic rings. The van der Waals surface area contributed by atoms with Crippen LogP contribution in [-0.4, -0.2) is 48.2 Å². The van der Waals surface area contributed by atoms with Crippen molar-refractivity contribution in [1.82, 2.24) is 10.2 Å². The van der Waals surface area contributed by atoms with Crippen LogP contribution in [-0.2, 0) is 16.1 Å². The molecule has 2 rings (SSSR count). The first kappa shape index (κ1) is 15.9. The quantitative estimate of drug-likeness (QED) is 0.803. The van der Waals surface area contributed by atoms with E-state index in [4.69, 9.17) is 9.52 Å². The fraction of sp³-hybridized carbons (Fsp3) is 0.500. The SMILES string of the molecule is COC(=O)c1cc(CNC(=O)N2CCC(C(=O)O)C2)oc1C. The van der Waals surface area contributed by atoms with Gasteiger partial charge in [0.05, 0.1) is 19.6 Å². The number of furan rings is 1. The molecule has 2 heterocycles. The molecule has 0 aliphatic carbocycles. The van der Waals surface area contributed by atoms with Gasteiger partial charge in [0.2, 0.25) is 0 Å². The van der Waals surface area contributed by atoms with E-state index >= 15 is 0 Å². The molecule has 1 aliphatic rings. The fourth-order valence-electron chi connectivity index (χ4n) is 2.36. The minimum Gasteiger partial charge on any atom is -0.481 e. The average molecular weight is 310 g/mol. The molecule has 1 aliphatic heterocycles. The Labute approximate surface area is 127 Å². The topological polar surface area (TPSA) is 109 Å². The Morgan fingerprint density at radius 3 is 2.82 bits per heavy atom. The number of esters is 1. The zero-order chi connectivity index (χ0) is 16.3. The molecule has 0 saturated carbocycles. The van der Waals surface area contributed by atoms with Crippen LogP contribution in [0.4, 0.5) is 4.79 Å². The Hall–Kier alpha value is -2.51. The third-order valence-corrected chi connectivity index (χ3v) is 3.61. The first-order valence-electron chi connectivity index (χ1n) is 6.85. The van der Waals surface area contributed by atoms with Gasteiger partial charge in [0.25, 0.3) is 0 Å². The standard InChI is InChI=1S/C14H18N2O6/c1-8-11(13(19)21-2)5-10(22-8)6-15-14(20)16-4-3-9(7-16)12(17)18/h5,9H,3-4,6-7H2,1-2H3,(H,15,20)(H,17,18). The first-order valence-corrected chi connectivity index (χ1v) is 6.85. The van der Waals surface area contributed by atoms with Crippen LogP contribution >= 0.6 is 0 Å². The second-order valence-electron chi connectivity index (χ2n) is 5.10. The van der Waals surface area contributed by atoms with Crippen molar-refractivity contribution in [2.45, 2.75) is 19.9 Å². The number of amides is 2. The maximum absolute atomic E-state index is 12.0. The highest BCUT2D eigenvalue weighted by atomic mass is 16.5. The van der Waals surface area contributed by atoms with E-state index in [0.29, 0.717) is 30.0 Å². The molecule has 1 saturated heterocycles. The van der Waals surface area contributed by atoms with Crippen molar-refractivity contribution < 1.29 is 28.6 Å². The van der Waals surface area contributed by atoms with Gasteiger partial charge in [0, 0.05) is 13.1 Å². The Kier molecular flexibility index (Phi) is 4.69. The molecule has 2 amide bonds. The molecule has 8 heteroatoms. The van der Waals surface area contributed by atoms with Crippen LogP contribution in [0.1, 0.15) is 28.3 Å². The van der Waals surface area contributed by atoms with Gasteiger partial charge >= 0.3 is 18.0 Å². The number of rotatable bonds is 4. The van der Waals surface area contributed by atoms with Gasteiger partial charge in [0.1, 0.15) is 17.1 Å². The largest absolute Gasteiger partial charge is 0.481 e. The molecule has 1 fully saturated rings. The van der Waals surface area contributed by atoms with Crippen LogP contribution in [0.3, 0.4) is 0 Å². The zero-order valence-electron chi connectivity index (χ0n) is 12.4. The lowest BCUT2D eigenvalue weighted by molar-refractivity contribution is -0.141. The number of carboxylic acids is 1. The molecular formula is C14H18N2O6. The van der Waals surface area contributed by atoms with Gasteiger partial charge in [-0.1, -0.05) is 0 Å². The van der Waals surface area contributed by atoms with E-state index in [1.54, 1.807) is 6.92 Å². The van der Waals surface area contributed by atoms with Crippen molar-refractivity contribution in [3.8, 4) is 0 Å². The average Bonchev–Trinajstić information content (AvgIpc) is 3.11. The van der Waals surface area contributed by atoms with Gasteiger partial charge in [-0.15, -0.1) is 0 Å². The number of aliphatic carboxylic acids is 1. The van der Waals surface area contributed by atoms with Gasteiger partial charge < -0.3 is 24.5 Å². The van der Waals surface area contributed by atoms with Crippen LogP contribution in [0.25, 0.3) is 0 Å². The van der Waals surface area contributed by atoms with E-state index in [1.807, 2.05) is 0 Å². The van der Waals surface area contributed by atoms with Crippen LogP contribution in [0.5, 0.6) is 0 Å². The first-order chi connectivity index (χ1) is 10.4. The lowest BCUT2D eigenvalue weighted by Gasteiger charge is -2.16.